The van der Waals surface area contributed by atoms with Crippen LogP contribution in [0.2, 0.25) is 0 Å². The number of methoxy groups -OCH3 is 2. The minimum Gasteiger partial charge on any atom is -0.494 e. The minimum atomic E-state index is -3.75. The molecule has 0 saturated carbocycles. The third-order valence-corrected chi connectivity index (χ3v) is 8.61. The number of benzene rings is 1. The van der Waals surface area contributed by atoms with Crippen molar-refractivity contribution >= 4 is 9.84 Å². The molecule has 0 radical (unpaired) electrons. The molecule has 0 N–H and O–H groups in total. The highest BCUT2D eigenvalue weighted by molar-refractivity contribution is 7.91. The molecule has 3 aromatic rings. The maximum atomic E-state index is 13.6. The second kappa shape index (κ2) is 10.6. The van der Waals surface area contributed by atoms with Crippen LogP contribution in [0.5, 0.6) is 11.5 Å². The summed E-state index contributed by atoms with van der Waals surface area (Å²) in [5.74, 6) is 1.14. The summed E-state index contributed by atoms with van der Waals surface area (Å²) < 4.78 is 45.9. The van der Waals surface area contributed by atoms with Crippen molar-refractivity contribution in [1.29, 1.82) is 5.26 Å². The molecule has 1 fully saturated rings. The lowest BCUT2D eigenvalue weighted by Gasteiger charge is -2.21. The Hall–Kier alpha value is -3.56. The molecule has 2 aromatic heterocycles. The first kappa shape index (κ1) is 25.5. The van der Waals surface area contributed by atoms with Gasteiger partial charge in [-0.25, -0.2) is 18.4 Å². The second-order valence-corrected chi connectivity index (χ2v) is 10.9. The van der Waals surface area contributed by atoms with E-state index in [1.807, 2.05) is 6.07 Å². The van der Waals surface area contributed by atoms with Crippen LogP contribution in [0.25, 0.3) is 5.69 Å². The molecule has 3 heterocycles. The third-order valence-electron chi connectivity index (χ3n) is 6.41. The average molecular weight is 513 g/mol. The Kier molecular flexibility index (Phi) is 7.51. The molecule has 0 unspecified atom stereocenters. The van der Waals surface area contributed by atoms with E-state index in [1.54, 1.807) is 36.6 Å². The van der Waals surface area contributed by atoms with Crippen molar-refractivity contribution < 1.29 is 22.6 Å². The maximum absolute atomic E-state index is 13.6. The van der Waals surface area contributed by atoms with Crippen LogP contribution < -0.4 is 9.47 Å². The molecule has 4 rings (SSSR count). The van der Waals surface area contributed by atoms with Gasteiger partial charge >= 0.3 is 0 Å². The van der Waals surface area contributed by atoms with Crippen LogP contribution >= 0.6 is 0 Å². The fraction of sp³-hybridized carbons (Fsp3) is 0.458. The predicted octanol–water partition coefficient (Wildman–Crippen LogP) is 2.90. The minimum absolute atomic E-state index is 0.225. The lowest BCUT2D eigenvalue weighted by atomic mass is 10.1. The van der Waals surface area contributed by atoms with Crippen molar-refractivity contribution in [2.45, 2.75) is 49.7 Å². The molecule has 0 aliphatic carbocycles. The molecule has 0 amide bonds. The molecular formula is C24H28N6O5S. The van der Waals surface area contributed by atoms with Gasteiger partial charge in [0.15, 0.2) is 21.5 Å². The first-order valence-corrected chi connectivity index (χ1v) is 13.2. The summed E-state index contributed by atoms with van der Waals surface area (Å²) in [6.07, 6.45) is 4.05. The van der Waals surface area contributed by atoms with E-state index >= 15 is 0 Å². The summed E-state index contributed by atoms with van der Waals surface area (Å²) in [4.78, 5) is 8.35. The van der Waals surface area contributed by atoms with Crippen LogP contribution in [0.15, 0.2) is 30.6 Å². The lowest BCUT2D eigenvalue weighted by molar-refractivity contribution is 0.103. The Labute approximate surface area is 210 Å². The molecular weight excluding hydrogens is 484 g/mol. The molecule has 0 spiro atoms. The number of ether oxygens (including phenoxy) is 3. The number of sulfone groups is 1. The smallest absolute Gasteiger partial charge is 0.167 e. The van der Waals surface area contributed by atoms with E-state index in [0.717, 1.165) is 12.8 Å². The largest absolute Gasteiger partial charge is 0.494 e. The van der Waals surface area contributed by atoms with E-state index in [4.69, 9.17) is 19.5 Å². The molecule has 1 saturated heterocycles. The summed E-state index contributed by atoms with van der Waals surface area (Å²) in [7, 11) is -0.679. The highest BCUT2D eigenvalue weighted by Gasteiger charge is 2.34. The first-order chi connectivity index (χ1) is 17.3. The SMILES string of the molecule is COc1cccc(OC)c1-n1c(CS(=O)(=O)[C@@H](C)[C@H](C)c2ncc(C#N)cn2)nnc1[C@H]1CCCO1. The van der Waals surface area contributed by atoms with Crippen molar-refractivity contribution in [3.63, 3.8) is 0 Å². The van der Waals surface area contributed by atoms with Crippen LogP contribution in [0.1, 0.15) is 61.7 Å². The lowest BCUT2D eigenvalue weighted by Crippen LogP contribution is -2.27. The second-order valence-electron chi connectivity index (χ2n) is 8.57. The normalized spacial score (nSPS) is 17.4. The molecule has 1 aromatic carbocycles. The molecule has 36 heavy (non-hydrogen) atoms. The topological polar surface area (TPSA) is 142 Å². The zero-order valence-corrected chi connectivity index (χ0v) is 21.4. The standard InChI is InChI=1S/C24H28N6O5S/c1-15(23-26-12-17(11-25)13-27-23)16(2)36(31,32)14-21-28-29-24(20-9-6-10-35-20)30(21)22-18(33-3)7-5-8-19(22)34-4/h5,7-8,12-13,15-16,20H,6,9-10,14H2,1-4H3/t15-,16-,20+/m0/s1. The van der Waals surface area contributed by atoms with E-state index in [9.17, 15) is 8.42 Å². The number of nitriles is 1. The molecule has 3 atom stereocenters. The molecule has 190 valence electrons. The van der Waals surface area contributed by atoms with E-state index in [-0.39, 0.29) is 17.7 Å². The molecule has 11 nitrogen and oxygen atoms in total. The van der Waals surface area contributed by atoms with Crippen molar-refractivity contribution in [3.8, 4) is 23.3 Å². The first-order valence-electron chi connectivity index (χ1n) is 11.5. The van der Waals surface area contributed by atoms with Gasteiger partial charge in [-0.3, -0.25) is 4.57 Å². The zero-order valence-electron chi connectivity index (χ0n) is 20.6. The van der Waals surface area contributed by atoms with Crippen LogP contribution in [0.4, 0.5) is 0 Å². The number of aromatic nitrogens is 5. The summed E-state index contributed by atoms with van der Waals surface area (Å²) in [6.45, 7) is 3.95. The Morgan fingerprint density at radius 3 is 2.39 bits per heavy atom. The van der Waals surface area contributed by atoms with Gasteiger partial charge in [0.1, 0.15) is 40.9 Å². The van der Waals surface area contributed by atoms with Crippen molar-refractivity contribution in [2.24, 2.45) is 0 Å². The van der Waals surface area contributed by atoms with Gasteiger partial charge in [-0.05, 0) is 31.9 Å². The zero-order chi connectivity index (χ0) is 25.9. The predicted molar refractivity (Wildman–Crippen MR) is 130 cm³/mol. The summed E-state index contributed by atoms with van der Waals surface area (Å²) in [5, 5.41) is 16.8. The van der Waals surface area contributed by atoms with Gasteiger partial charge in [0.05, 0.1) is 25.0 Å². The quantitative estimate of drug-likeness (QED) is 0.420. The van der Waals surface area contributed by atoms with Gasteiger partial charge in [-0.1, -0.05) is 13.0 Å². The highest BCUT2D eigenvalue weighted by atomic mass is 32.2. The van der Waals surface area contributed by atoms with E-state index in [1.165, 1.54) is 26.6 Å². The number of nitrogens with zero attached hydrogens (tertiary/aromatic N) is 6. The summed E-state index contributed by atoms with van der Waals surface area (Å²) >= 11 is 0. The van der Waals surface area contributed by atoms with E-state index in [2.05, 4.69) is 20.2 Å². The Morgan fingerprint density at radius 2 is 1.83 bits per heavy atom. The Balaban J connectivity index is 1.75. The Bertz CT molecular complexity index is 1340. The van der Waals surface area contributed by atoms with Gasteiger partial charge in [0.25, 0.3) is 0 Å². The number of rotatable bonds is 9. The average Bonchev–Trinajstić information content (AvgIpc) is 3.57. The van der Waals surface area contributed by atoms with E-state index in [0.29, 0.717) is 41.0 Å². The number of para-hydroxylation sites is 1. The van der Waals surface area contributed by atoms with Crippen LogP contribution in [0, 0.1) is 11.3 Å². The highest BCUT2D eigenvalue weighted by Crippen LogP contribution is 2.38. The van der Waals surface area contributed by atoms with Gasteiger partial charge in [0.2, 0.25) is 0 Å². The van der Waals surface area contributed by atoms with Crippen molar-refractivity contribution in [1.82, 2.24) is 24.7 Å². The summed E-state index contributed by atoms with van der Waals surface area (Å²) in [5.41, 5.74) is 0.821. The monoisotopic (exact) mass is 512 g/mol. The van der Waals surface area contributed by atoms with Gasteiger partial charge in [-0.15, -0.1) is 10.2 Å². The van der Waals surface area contributed by atoms with Crippen LogP contribution in [-0.4, -0.2) is 59.2 Å². The van der Waals surface area contributed by atoms with Gasteiger partial charge in [0, 0.05) is 24.9 Å². The molecule has 12 heteroatoms. The van der Waals surface area contributed by atoms with E-state index < -0.39 is 21.0 Å². The van der Waals surface area contributed by atoms with Crippen molar-refractivity contribution in [2.75, 3.05) is 20.8 Å². The number of hydrogen-bond donors (Lipinski definition) is 0. The number of hydrogen-bond acceptors (Lipinski definition) is 10. The maximum Gasteiger partial charge on any atom is 0.167 e. The van der Waals surface area contributed by atoms with Crippen molar-refractivity contribution in [3.05, 3.63) is 53.6 Å². The molecule has 1 aliphatic rings. The van der Waals surface area contributed by atoms with Gasteiger partial charge < -0.3 is 14.2 Å². The van der Waals surface area contributed by atoms with Gasteiger partial charge in [-0.2, -0.15) is 5.26 Å². The van der Waals surface area contributed by atoms with Crippen LogP contribution in [-0.2, 0) is 20.3 Å². The fourth-order valence-electron chi connectivity index (χ4n) is 4.17. The fourth-order valence-corrected chi connectivity index (χ4v) is 5.73. The molecule has 1 aliphatic heterocycles. The third kappa shape index (κ3) is 4.89. The summed E-state index contributed by atoms with van der Waals surface area (Å²) in [6, 6.07) is 7.28. The molecule has 0 bridgehead atoms. The Morgan fingerprint density at radius 1 is 1.17 bits per heavy atom. The van der Waals surface area contributed by atoms with Crippen LogP contribution in [0.3, 0.4) is 0 Å².